The number of carbonyl (C=O) groups is 2. The number of rotatable bonds is 1. The van der Waals surface area contributed by atoms with Gasteiger partial charge in [-0.1, -0.05) is 26.7 Å². The van der Waals surface area contributed by atoms with Gasteiger partial charge in [0, 0.05) is 19.3 Å². The second-order valence-electron chi connectivity index (χ2n) is 8.34. The van der Waals surface area contributed by atoms with Gasteiger partial charge in [0.15, 0.2) is 5.78 Å². The van der Waals surface area contributed by atoms with E-state index in [1.54, 1.807) is 6.92 Å². The molecular weight excluding hydrogens is 288 g/mol. The summed E-state index contributed by atoms with van der Waals surface area (Å²) in [6.07, 6.45) is 7.60. The molecule has 3 aliphatic rings. The van der Waals surface area contributed by atoms with Gasteiger partial charge < -0.3 is 4.74 Å². The van der Waals surface area contributed by atoms with Crippen LogP contribution in [0.15, 0.2) is 22.7 Å². The number of allylic oxidation sites excluding steroid dienone is 4. The van der Waals surface area contributed by atoms with E-state index in [1.165, 1.54) is 12.8 Å². The highest BCUT2D eigenvalue weighted by atomic mass is 16.5. The first-order valence-electron chi connectivity index (χ1n) is 8.94. The van der Waals surface area contributed by atoms with Gasteiger partial charge in [0.2, 0.25) is 0 Å². The van der Waals surface area contributed by atoms with Crippen molar-refractivity contribution in [3.63, 3.8) is 0 Å². The van der Waals surface area contributed by atoms with Gasteiger partial charge in [-0.25, -0.2) is 0 Å². The molecule has 1 atom stereocenters. The van der Waals surface area contributed by atoms with Crippen molar-refractivity contribution in [3.8, 4) is 0 Å². The predicted octanol–water partition coefficient (Wildman–Crippen LogP) is 4.86. The van der Waals surface area contributed by atoms with E-state index in [0.717, 1.165) is 49.2 Å². The third-order valence-electron chi connectivity index (χ3n) is 5.81. The number of hydrogen-bond donors (Lipinski definition) is 0. The lowest BCUT2D eigenvalue weighted by Crippen LogP contribution is -2.42. The van der Waals surface area contributed by atoms with Gasteiger partial charge >= 0.3 is 0 Å². The Kier molecular flexibility index (Phi) is 4.02. The van der Waals surface area contributed by atoms with Gasteiger partial charge in [-0.3, -0.25) is 9.59 Å². The number of ketones is 2. The van der Waals surface area contributed by atoms with Crippen LogP contribution in [0.5, 0.6) is 0 Å². The molecule has 0 saturated carbocycles. The van der Waals surface area contributed by atoms with Crippen molar-refractivity contribution >= 4 is 11.6 Å². The third kappa shape index (κ3) is 2.68. The lowest BCUT2D eigenvalue weighted by atomic mass is 9.62. The van der Waals surface area contributed by atoms with Gasteiger partial charge in [0.05, 0.1) is 11.0 Å². The van der Waals surface area contributed by atoms with E-state index in [2.05, 4.69) is 13.8 Å². The maximum atomic E-state index is 12.9. The Morgan fingerprint density at radius 3 is 2.26 bits per heavy atom. The van der Waals surface area contributed by atoms with Crippen LogP contribution in [-0.4, -0.2) is 11.6 Å². The fourth-order valence-corrected chi connectivity index (χ4v) is 4.47. The van der Waals surface area contributed by atoms with Crippen molar-refractivity contribution < 1.29 is 14.3 Å². The van der Waals surface area contributed by atoms with Crippen molar-refractivity contribution in [2.24, 2.45) is 10.8 Å². The molecule has 0 aromatic heterocycles. The van der Waals surface area contributed by atoms with Crippen LogP contribution in [0.1, 0.15) is 79.1 Å². The van der Waals surface area contributed by atoms with E-state index >= 15 is 0 Å². The smallest absolute Gasteiger partial charge is 0.164 e. The molecule has 3 heteroatoms. The second-order valence-corrected chi connectivity index (χ2v) is 8.34. The lowest BCUT2D eigenvalue weighted by Gasteiger charge is -2.44. The van der Waals surface area contributed by atoms with Gasteiger partial charge in [-0.2, -0.15) is 0 Å². The summed E-state index contributed by atoms with van der Waals surface area (Å²) in [6.45, 7) is 7.79. The first kappa shape index (κ1) is 16.5. The van der Waals surface area contributed by atoms with Crippen molar-refractivity contribution in [1.82, 2.24) is 0 Å². The predicted molar refractivity (Wildman–Crippen MR) is 89.6 cm³/mol. The molecule has 1 aliphatic heterocycles. The molecule has 0 bridgehead atoms. The third-order valence-corrected chi connectivity index (χ3v) is 5.81. The first-order chi connectivity index (χ1) is 10.8. The zero-order chi connectivity index (χ0) is 16.8. The summed E-state index contributed by atoms with van der Waals surface area (Å²) in [5.74, 6) is 1.92. The highest BCUT2D eigenvalue weighted by Gasteiger charge is 2.51. The quantitative estimate of drug-likeness (QED) is 0.693. The summed E-state index contributed by atoms with van der Waals surface area (Å²) in [7, 11) is 0. The zero-order valence-electron chi connectivity index (χ0n) is 14.9. The van der Waals surface area contributed by atoms with Gasteiger partial charge in [-0.15, -0.1) is 0 Å². The minimum absolute atomic E-state index is 0.0782. The van der Waals surface area contributed by atoms with Crippen LogP contribution in [0.2, 0.25) is 0 Å². The highest BCUT2D eigenvalue weighted by Crippen LogP contribution is 2.53. The van der Waals surface area contributed by atoms with E-state index in [-0.39, 0.29) is 17.0 Å². The Labute approximate surface area is 139 Å². The Morgan fingerprint density at radius 1 is 0.957 bits per heavy atom. The minimum atomic E-state index is -0.770. The summed E-state index contributed by atoms with van der Waals surface area (Å²) >= 11 is 0. The molecule has 126 valence electrons. The molecule has 2 aliphatic carbocycles. The van der Waals surface area contributed by atoms with E-state index in [9.17, 15) is 9.59 Å². The molecule has 0 amide bonds. The van der Waals surface area contributed by atoms with Gasteiger partial charge in [-0.05, 0) is 44.1 Å². The number of Topliss-reactive ketones (excluding diaryl/α,β-unsaturated/α-hetero) is 2. The average Bonchev–Trinajstić information content (AvgIpc) is 2.38. The molecule has 0 aromatic rings. The van der Waals surface area contributed by atoms with Crippen LogP contribution < -0.4 is 0 Å². The Balaban J connectivity index is 2.14. The number of ether oxygens (including phenoxy) is 1. The normalized spacial score (nSPS) is 30.9. The maximum Gasteiger partial charge on any atom is 0.164 e. The molecule has 0 N–H and O–H groups in total. The average molecular weight is 316 g/mol. The maximum absolute atomic E-state index is 12.9. The lowest BCUT2D eigenvalue weighted by molar-refractivity contribution is -0.128. The van der Waals surface area contributed by atoms with Gasteiger partial charge in [0.1, 0.15) is 17.3 Å². The molecule has 3 nitrogen and oxygen atoms in total. The molecule has 0 radical (unpaired) electrons. The molecule has 1 unspecified atom stereocenters. The summed E-state index contributed by atoms with van der Waals surface area (Å²) in [4.78, 5) is 25.5. The fraction of sp³-hybridized carbons (Fsp3) is 0.700. The monoisotopic (exact) mass is 316 g/mol. The van der Waals surface area contributed by atoms with Crippen LogP contribution >= 0.6 is 0 Å². The second kappa shape index (κ2) is 5.61. The van der Waals surface area contributed by atoms with E-state index in [4.69, 9.17) is 4.74 Å². The summed E-state index contributed by atoms with van der Waals surface area (Å²) in [6, 6.07) is 0. The summed E-state index contributed by atoms with van der Waals surface area (Å²) in [5.41, 5.74) is 0.876. The SMILES string of the molecule is CC(=O)C1(C)C2=C(CCCCCC2)OC2=C1C(=O)CC(C)(C)C2. The number of hydrogen-bond acceptors (Lipinski definition) is 3. The molecule has 0 spiro atoms. The Bertz CT molecular complexity index is 621. The van der Waals surface area contributed by atoms with Crippen LogP contribution in [0, 0.1) is 10.8 Å². The molecule has 0 saturated heterocycles. The summed E-state index contributed by atoms with van der Waals surface area (Å²) < 4.78 is 6.27. The van der Waals surface area contributed by atoms with Gasteiger partial charge in [0.25, 0.3) is 0 Å². The van der Waals surface area contributed by atoms with E-state index in [0.29, 0.717) is 12.0 Å². The van der Waals surface area contributed by atoms with Crippen LogP contribution in [0.4, 0.5) is 0 Å². The molecule has 0 aromatic carbocycles. The van der Waals surface area contributed by atoms with Crippen LogP contribution in [0.3, 0.4) is 0 Å². The minimum Gasteiger partial charge on any atom is -0.466 e. The Morgan fingerprint density at radius 2 is 1.61 bits per heavy atom. The molecular formula is C20H28O3. The molecule has 1 heterocycles. The van der Waals surface area contributed by atoms with E-state index in [1.807, 2.05) is 6.92 Å². The summed E-state index contributed by atoms with van der Waals surface area (Å²) in [5, 5.41) is 0. The largest absolute Gasteiger partial charge is 0.466 e. The standard InChI is InChI=1S/C20H28O3/c1-13(21)20(4)14-9-7-5-6-8-10-16(14)23-17-12-19(2,3)11-15(22)18(17)20/h5-12H2,1-4H3. The molecule has 3 rings (SSSR count). The molecule has 0 fully saturated rings. The van der Waals surface area contributed by atoms with Crippen molar-refractivity contribution in [2.75, 3.05) is 0 Å². The van der Waals surface area contributed by atoms with E-state index < -0.39 is 5.41 Å². The topological polar surface area (TPSA) is 43.4 Å². The first-order valence-corrected chi connectivity index (χ1v) is 8.94. The van der Waals surface area contributed by atoms with Crippen LogP contribution in [-0.2, 0) is 14.3 Å². The fourth-order valence-electron chi connectivity index (χ4n) is 4.47. The van der Waals surface area contributed by atoms with Crippen molar-refractivity contribution in [1.29, 1.82) is 0 Å². The van der Waals surface area contributed by atoms with Crippen molar-refractivity contribution in [3.05, 3.63) is 22.7 Å². The highest BCUT2D eigenvalue weighted by molar-refractivity contribution is 6.07. The van der Waals surface area contributed by atoms with Crippen molar-refractivity contribution in [2.45, 2.75) is 79.1 Å². The van der Waals surface area contributed by atoms with Crippen LogP contribution in [0.25, 0.3) is 0 Å². The Hall–Kier alpha value is -1.38. The molecule has 23 heavy (non-hydrogen) atoms. The zero-order valence-corrected chi connectivity index (χ0v) is 14.9. The number of carbonyl (C=O) groups excluding carboxylic acids is 2.